The van der Waals surface area contributed by atoms with Crippen molar-refractivity contribution in [3.05, 3.63) is 23.3 Å². The second-order valence-electron chi connectivity index (χ2n) is 4.80. The van der Waals surface area contributed by atoms with Crippen LogP contribution in [-0.2, 0) is 19.4 Å². The first-order valence-electron chi connectivity index (χ1n) is 6.66. The predicted molar refractivity (Wildman–Crippen MR) is 82.1 cm³/mol. The number of benzene rings is 1. The molecule has 0 spiro atoms. The van der Waals surface area contributed by atoms with E-state index in [1.54, 1.807) is 26.0 Å². The molecular weight excluding hydrogens is 333 g/mol. The molecule has 1 rings (SSSR count). The number of aliphatic carboxylic acids is 1. The molecule has 0 aliphatic carbocycles. The second-order valence-corrected chi connectivity index (χ2v) is 6.72. The molecule has 0 aliphatic rings. The molecule has 0 aliphatic heterocycles. The van der Waals surface area contributed by atoms with E-state index in [0.717, 1.165) is 0 Å². The minimum Gasteiger partial charge on any atom is -1.00 e. The van der Waals surface area contributed by atoms with Gasteiger partial charge in [0.2, 0.25) is 0 Å². The zero-order valence-corrected chi connectivity index (χ0v) is 16.7. The molecule has 0 radical (unpaired) electrons. The Labute approximate surface area is 160 Å². The van der Waals surface area contributed by atoms with Crippen molar-refractivity contribution in [2.75, 3.05) is 32.7 Å². The smallest absolute Gasteiger partial charge is 1.00 e. The predicted octanol–water partition coefficient (Wildman–Crippen LogP) is -2.15. The summed E-state index contributed by atoms with van der Waals surface area (Å²) in [5.41, 5.74) is 1.25. The maximum Gasteiger partial charge on any atom is 1.00 e. The molecule has 1 aromatic carbocycles. The number of rotatable bonds is 9. The summed E-state index contributed by atoms with van der Waals surface area (Å²) in [6, 6.07) is 3.35. The molecule has 1 aromatic rings. The Morgan fingerprint density at radius 2 is 1.87 bits per heavy atom. The summed E-state index contributed by atoms with van der Waals surface area (Å²) in [5.74, 6) is -0.682. The summed E-state index contributed by atoms with van der Waals surface area (Å²) in [4.78, 5) is 10.5. The Kier molecular flexibility index (Phi) is 9.99. The van der Waals surface area contributed by atoms with E-state index in [2.05, 4.69) is 5.32 Å². The number of carboxylic acid groups (broad SMARTS) is 1. The largest absolute Gasteiger partial charge is 1.00 e. The fourth-order valence-corrected chi connectivity index (χ4v) is 3.76. The first-order valence-corrected chi connectivity index (χ1v) is 8.31. The van der Waals surface area contributed by atoms with Crippen molar-refractivity contribution in [3.63, 3.8) is 0 Å². The number of sulfone groups is 1. The van der Waals surface area contributed by atoms with Crippen molar-refractivity contribution >= 4 is 15.8 Å². The minimum atomic E-state index is -3.49. The standard InChI is InChI=1S/C14H21NO6S.Na.H/c1-10-6-12(20-3)7-11(2)14(10)22(18,19)9-15-4-5-21-8-13(16)17;;/h6-7,15H,4-5,8-9H2,1-3H3,(H,16,17);;/q;+1;-1. The van der Waals surface area contributed by atoms with Crippen LogP contribution in [0.25, 0.3) is 0 Å². The van der Waals surface area contributed by atoms with Gasteiger partial charge in [-0.15, -0.1) is 0 Å². The van der Waals surface area contributed by atoms with Crippen LogP contribution in [0, 0.1) is 13.8 Å². The van der Waals surface area contributed by atoms with Gasteiger partial charge in [-0.25, -0.2) is 13.2 Å². The SMILES string of the molecule is COc1cc(C)c(S(=O)(=O)CNCCOCC(=O)O)c(C)c1.[H-].[Na+]. The molecule has 0 atom stereocenters. The first-order chi connectivity index (χ1) is 10.3. The van der Waals surface area contributed by atoms with Gasteiger partial charge in [-0.3, -0.25) is 0 Å². The zero-order chi connectivity index (χ0) is 16.8. The molecule has 9 heteroatoms. The van der Waals surface area contributed by atoms with Crippen molar-refractivity contribution in [1.82, 2.24) is 5.32 Å². The Balaban J connectivity index is 0. The van der Waals surface area contributed by atoms with Crippen LogP contribution in [-0.4, -0.2) is 52.2 Å². The van der Waals surface area contributed by atoms with E-state index in [0.29, 0.717) is 16.9 Å². The van der Waals surface area contributed by atoms with Crippen LogP contribution in [0.3, 0.4) is 0 Å². The molecule has 0 fully saturated rings. The number of hydrogen-bond acceptors (Lipinski definition) is 6. The molecule has 0 amide bonds. The van der Waals surface area contributed by atoms with Gasteiger partial charge in [0.05, 0.1) is 18.6 Å². The van der Waals surface area contributed by atoms with Crippen LogP contribution >= 0.6 is 0 Å². The summed E-state index contributed by atoms with van der Waals surface area (Å²) in [6.07, 6.45) is 0. The van der Waals surface area contributed by atoms with E-state index in [4.69, 9.17) is 14.6 Å². The van der Waals surface area contributed by atoms with Gasteiger partial charge >= 0.3 is 35.5 Å². The average molecular weight is 355 g/mol. The molecule has 0 saturated carbocycles. The van der Waals surface area contributed by atoms with E-state index in [1.807, 2.05) is 0 Å². The molecule has 0 saturated heterocycles. The fourth-order valence-electron chi connectivity index (χ4n) is 2.10. The van der Waals surface area contributed by atoms with Crippen LogP contribution < -0.4 is 39.6 Å². The van der Waals surface area contributed by atoms with Crippen molar-refractivity contribution in [3.8, 4) is 5.75 Å². The van der Waals surface area contributed by atoms with Gasteiger partial charge < -0.3 is 21.3 Å². The van der Waals surface area contributed by atoms with Crippen molar-refractivity contribution in [2.45, 2.75) is 18.7 Å². The molecular formula is C14H22NNaO6S. The quantitative estimate of drug-likeness (QED) is 0.385. The van der Waals surface area contributed by atoms with Gasteiger partial charge in [-0.1, -0.05) is 0 Å². The maximum absolute atomic E-state index is 12.4. The van der Waals surface area contributed by atoms with E-state index >= 15 is 0 Å². The van der Waals surface area contributed by atoms with Gasteiger partial charge in [-0.2, -0.15) is 0 Å². The van der Waals surface area contributed by atoms with Crippen LogP contribution in [0.2, 0.25) is 0 Å². The normalized spacial score (nSPS) is 10.9. The zero-order valence-electron chi connectivity index (χ0n) is 14.9. The van der Waals surface area contributed by atoms with Gasteiger partial charge in [0.25, 0.3) is 0 Å². The van der Waals surface area contributed by atoms with Crippen molar-refractivity contribution in [2.24, 2.45) is 0 Å². The summed E-state index contributed by atoms with van der Waals surface area (Å²) in [7, 11) is -1.96. The van der Waals surface area contributed by atoms with E-state index in [9.17, 15) is 13.2 Å². The van der Waals surface area contributed by atoms with E-state index in [-0.39, 0.29) is 54.9 Å². The van der Waals surface area contributed by atoms with Gasteiger partial charge in [-0.05, 0) is 37.1 Å². The summed E-state index contributed by atoms with van der Waals surface area (Å²) in [6.45, 7) is 3.42. The minimum absolute atomic E-state index is 0. The molecule has 2 N–H and O–H groups in total. The van der Waals surface area contributed by atoms with Crippen molar-refractivity contribution in [1.29, 1.82) is 0 Å². The summed E-state index contributed by atoms with van der Waals surface area (Å²) < 4.78 is 34.7. The molecule has 126 valence electrons. The Morgan fingerprint density at radius 3 is 2.35 bits per heavy atom. The van der Waals surface area contributed by atoms with Crippen LogP contribution in [0.1, 0.15) is 12.6 Å². The second kappa shape index (κ2) is 10.3. The Morgan fingerprint density at radius 1 is 1.30 bits per heavy atom. The van der Waals surface area contributed by atoms with Crippen molar-refractivity contribution < 1.29 is 58.8 Å². The molecule has 0 unspecified atom stereocenters. The Bertz CT molecular complexity index is 615. The number of carboxylic acids is 1. The average Bonchev–Trinajstić information content (AvgIpc) is 2.41. The summed E-state index contributed by atoms with van der Waals surface area (Å²) >= 11 is 0. The Hall–Kier alpha value is -0.640. The molecule has 0 heterocycles. The first kappa shape index (κ1) is 22.4. The number of ether oxygens (including phenoxy) is 2. The number of nitrogens with one attached hydrogen (secondary N) is 1. The number of aryl methyl sites for hydroxylation is 2. The topological polar surface area (TPSA) is 102 Å². The van der Waals surface area contributed by atoms with Gasteiger partial charge in [0.15, 0.2) is 9.84 Å². The third kappa shape index (κ3) is 7.19. The monoisotopic (exact) mass is 355 g/mol. The number of hydrogen-bond donors (Lipinski definition) is 2. The van der Waals surface area contributed by atoms with E-state index in [1.165, 1.54) is 7.11 Å². The van der Waals surface area contributed by atoms with Gasteiger partial charge in [0, 0.05) is 6.54 Å². The molecule has 0 bridgehead atoms. The van der Waals surface area contributed by atoms with Crippen LogP contribution in [0.15, 0.2) is 17.0 Å². The molecule has 23 heavy (non-hydrogen) atoms. The van der Waals surface area contributed by atoms with Crippen LogP contribution in [0.5, 0.6) is 5.75 Å². The fraction of sp³-hybridized carbons (Fsp3) is 0.500. The maximum atomic E-state index is 12.4. The molecule has 7 nitrogen and oxygen atoms in total. The number of carbonyl (C=O) groups is 1. The molecule has 0 aromatic heterocycles. The third-order valence-electron chi connectivity index (χ3n) is 2.92. The summed E-state index contributed by atoms with van der Waals surface area (Å²) in [5, 5.41) is 11.1. The number of methoxy groups -OCH3 is 1. The van der Waals surface area contributed by atoms with E-state index < -0.39 is 22.4 Å². The third-order valence-corrected chi connectivity index (χ3v) is 4.77. The van der Waals surface area contributed by atoms with Gasteiger partial charge in [0.1, 0.15) is 18.2 Å². The van der Waals surface area contributed by atoms with Crippen LogP contribution in [0.4, 0.5) is 0 Å².